The first-order valence-corrected chi connectivity index (χ1v) is 12.7. The van der Waals surface area contributed by atoms with Gasteiger partial charge in [-0.25, -0.2) is 4.98 Å². The first-order chi connectivity index (χ1) is 17.6. The Morgan fingerprint density at radius 2 is 1.64 bits per heavy atom. The Labute approximate surface area is 212 Å². The smallest absolute Gasteiger partial charge is 0.261 e. The van der Waals surface area contributed by atoms with Gasteiger partial charge >= 0.3 is 0 Å². The summed E-state index contributed by atoms with van der Waals surface area (Å²) in [5.41, 5.74) is 5.56. The Balaban J connectivity index is 1.44. The van der Waals surface area contributed by atoms with Crippen LogP contribution in [0.1, 0.15) is 30.0 Å². The second kappa shape index (κ2) is 10.5. The molecule has 36 heavy (non-hydrogen) atoms. The fraction of sp³-hybridized carbons (Fsp3) is 0.333. The summed E-state index contributed by atoms with van der Waals surface area (Å²) in [4.78, 5) is 20.9. The van der Waals surface area contributed by atoms with Gasteiger partial charge in [-0.1, -0.05) is 49.7 Å². The van der Waals surface area contributed by atoms with Crippen molar-refractivity contribution in [3.8, 4) is 22.9 Å². The summed E-state index contributed by atoms with van der Waals surface area (Å²) in [5.74, 6) is 2.25. The Morgan fingerprint density at radius 1 is 0.917 bits per heavy atom. The van der Waals surface area contributed by atoms with E-state index in [-0.39, 0.29) is 5.56 Å². The molecule has 0 N–H and O–H groups in total. The summed E-state index contributed by atoms with van der Waals surface area (Å²) in [7, 11) is 3.34. The average molecular weight is 484 g/mol. The maximum Gasteiger partial charge on any atom is 0.261 e. The maximum atomic E-state index is 13.6. The number of rotatable bonds is 8. The van der Waals surface area contributed by atoms with Gasteiger partial charge in [-0.15, -0.1) is 0 Å². The Hall–Kier alpha value is -3.64. The Morgan fingerprint density at radius 3 is 2.36 bits per heavy atom. The van der Waals surface area contributed by atoms with E-state index in [1.165, 1.54) is 16.7 Å². The zero-order valence-corrected chi connectivity index (χ0v) is 21.3. The molecule has 6 nitrogen and oxygen atoms in total. The van der Waals surface area contributed by atoms with E-state index in [2.05, 4.69) is 48.2 Å². The molecule has 6 heteroatoms. The molecule has 1 aliphatic rings. The lowest BCUT2D eigenvalue weighted by Gasteiger charge is -2.30. The van der Waals surface area contributed by atoms with Crippen LogP contribution in [-0.2, 0) is 25.9 Å². The number of fused-ring (bicyclic) bond motifs is 2. The van der Waals surface area contributed by atoms with Crippen molar-refractivity contribution >= 4 is 10.9 Å². The van der Waals surface area contributed by atoms with Crippen LogP contribution < -0.4 is 15.0 Å². The SMILES string of the molecule is CCCc1ccc(-c2nc3ccccc3c(=O)n2CCN2CCc3cc(OC)c(OC)cc3C2)cc1. The van der Waals surface area contributed by atoms with E-state index in [4.69, 9.17) is 14.5 Å². The second-order valence-corrected chi connectivity index (χ2v) is 9.36. The molecule has 1 aliphatic heterocycles. The van der Waals surface area contributed by atoms with E-state index in [1.807, 2.05) is 28.8 Å². The summed E-state index contributed by atoms with van der Waals surface area (Å²) >= 11 is 0. The summed E-state index contributed by atoms with van der Waals surface area (Å²) in [5, 5.41) is 0.657. The van der Waals surface area contributed by atoms with E-state index < -0.39 is 0 Å². The molecule has 0 atom stereocenters. The van der Waals surface area contributed by atoms with Gasteiger partial charge in [0.1, 0.15) is 5.82 Å². The van der Waals surface area contributed by atoms with Gasteiger partial charge in [-0.05, 0) is 53.8 Å². The van der Waals surface area contributed by atoms with Gasteiger partial charge in [0.2, 0.25) is 0 Å². The normalized spacial score (nSPS) is 13.5. The molecule has 0 spiro atoms. The highest BCUT2D eigenvalue weighted by molar-refractivity contribution is 5.79. The summed E-state index contributed by atoms with van der Waals surface area (Å²) < 4.78 is 12.8. The van der Waals surface area contributed by atoms with Crippen LogP contribution in [0.2, 0.25) is 0 Å². The highest BCUT2D eigenvalue weighted by Gasteiger charge is 2.20. The number of hydrogen-bond donors (Lipinski definition) is 0. The lowest BCUT2D eigenvalue weighted by molar-refractivity contribution is 0.242. The molecule has 4 aromatic rings. The van der Waals surface area contributed by atoms with Crippen molar-refractivity contribution in [2.45, 2.75) is 39.3 Å². The topological polar surface area (TPSA) is 56.6 Å². The fourth-order valence-corrected chi connectivity index (χ4v) is 5.08. The minimum absolute atomic E-state index is 0.0112. The van der Waals surface area contributed by atoms with Crippen LogP contribution in [0.4, 0.5) is 0 Å². The molecule has 0 aliphatic carbocycles. The van der Waals surface area contributed by atoms with Crippen molar-refractivity contribution < 1.29 is 9.47 Å². The van der Waals surface area contributed by atoms with Crippen LogP contribution in [0, 0.1) is 0 Å². The van der Waals surface area contributed by atoms with Gasteiger partial charge in [0, 0.05) is 31.7 Å². The van der Waals surface area contributed by atoms with Gasteiger partial charge in [0.05, 0.1) is 25.1 Å². The van der Waals surface area contributed by atoms with Crippen molar-refractivity contribution in [2.75, 3.05) is 27.3 Å². The third-order valence-electron chi connectivity index (χ3n) is 7.05. The number of benzene rings is 3. The van der Waals surface area contributed by atoms with Crippen LogP contribution in [0.15, 0.2) is 65.5 Å². The first kappa shape index (κ1) is 24.1. The van der Waals surface area contributed by atoms with Crippen LogP contribution in [-0.4, -0.2) is 41.8 Å². The summed E-state index contributed by atoms with van der Waals surface area (Å²) in [6, 6.07) is 20.3. The molecule has 0 saturated carbocycles. The molecular formula is C30H33N3O3. The van der Waals surface area contributed by atoms with Crippen molar-refractivity contribution in [2.24, 2.45) is 0 Å². The number of aromatic nitrogens is 2. The quantitative estimate of drug-likeness (QED) is 0.349. The summed E-state index contributed by atoms with van der Waals surface area (Å²) in [6.07, 6.45) is 3.09. The highest BCUT2D eigenvalue weighted by atomic mass is 16.5. The molecule has 0 bridgehead atoms. The molecule has 0 radical (unpaired) electrons. The molecule has 0 amide bonds. The zero-order valence-electron chi connectivity index (χ0n) is 21.3. The van der Waals surface area contributed by atoms with Gasteiger partial charge in [0.15, 0.2) is 11.5 Å². The predicted octanol–water partition coefficient (Wildman–Crippen LogP) is 5.09. The van der Waals surface area contributed by atoms with E-state index in [9.17, 15) is 4.79 Å². The van der Waals surface area contributed by atoms with Crippen molar-refractivity contribution in [3.05, 3.63) is 87.7 Å². The maximum absolute atomic E-state index is 13.6. The van der Waals surface area contributed by atoms with Gasteiger partial charge in [-0.3, -0.25) is 14.3 Å². The fourth-order valence-electron chi connectivity index (χ4n) is 5.08. The van der Waals surface area contributed by atoms with Gasteiger partial charge < -0.3 is 9.47 Å². The molecule has 1 aromatic heterocycles. The number of nitrogens with zero attached hydrogens (tertiary/aromatic N) is 3. The van der Waals surface area contributed by atoms with Crippen molar-refractivity contribution in [1.29, 1.82) is 0 Å². The molecule has 0 fully saturated rings. The van der Waals surface area contributed by atoms with Crippen molar-refractivity contribution in [3.63, 3.8) is 0 Å². The minimum atomic E-state index is 0.0112. The van der Waals surface area contributed by atoms with Crippen LogP contribution >= 0.6 is 0 Å². The van der Waals surface area contributed by atoms with Crippen LogP contribution in [0.3, 0.4) is 0 Å². The predicted molar refractivity (Wildman–Crippen MR) is 144 cm³/mol. The largest absolute Gasteiger partial charge is 0.493 e. The monoisotopic (exact) mass is 483 g/mol. The lowest BCUT2D eigenvalue weighted by atomic mass is 9.99. The molecule has 3 aromatic carbocycles. The molecule has 5 rings (SSSR count). The Bertz CT molecular complexity index is 1430. The standard InChI is InChI=1S/C30H33N3O3/c1-4-7-21-10-12-22(13-11-21)29-31-26-9-6-5-8-25(26)30(34)33(29)17-16-32-15-14-23-18-27(35-2)28(36-3)19-24(23)20-32/h5-6,8-13,18-19H,4,7,14-17,20H2,1-3H3. The summed E-state index contributed by atoms with van der Waals surface area (Å²) in [6.45, 7) is 5.26. The molecule has 2 heterocycles. The third-order valence-corrected chi connectivity index (χ3v) is 7.05. The minimum Gasteiger partial charge on any atom is -0.493 e. The van der Waals surface area contributed by atoms with Gasteiger partial charge in [0.25, 0.3) is 5.56 Å². The number of ether oxygens (including phenoxy) is 2. The van der Waals surface area contributed by atoms with E-state index >= 15 is 0 Å². The number of methoxy groups -OCH3 is 2. The first-order valence-electron chi connectivity index (χ1n) is 12.7. The molecule has 0 saturated heterocycles. The molecule has 0 unspecified atom stereocenters. The molecular weight excluding hydrogens is 450 g/mol. The molecule has 186 valence electrons. The second-order valence-electron chi connectivity index (χ2n) is 9.36. The number of para-hydroxylation sites is 1. The van der Waals surface area contributed by atoms with E-state index in [0.717, 1.165) is 67.3 Å². The average Bonchev–Trinajstić information content (AvgIpc) is 2.92. The van der Waals surface area contributed by atoms with Gasteiger partial charge in [-0.2, -0.15) is 0 Å². The van der Waals surface area contributed by atoms with Crippen LogP contribution in [0.25, 0.3) is 22.3 Å². The van der Waals surface area contributed by atoms with Crippen molar-refractivity contribution in [1.82, 2.24) is 14.5 Å². The number of hydrogen-bond acceptors (Lipinski definition) is 5. The highest BCUT2D eigenvalue weighted by Crippen LogP contribution is 2.33. The van der Waals surface area contributed by atoms with E-state index in [0.29, 0.717) is 11.9 Å². The number of aryl methyl sites for hydroxylation is 1. The lowest BCUT2D eigenvalue weighted by Crippen LogP contribution is -2.35. The Kier molecular flexibility index (Phi) is 7.05. The zero-order chi connectivity index (χ0) is 25.1. The van der Waals surface area contributed by atoms with E-state index in [1.54, 1.807) is 14.2 Å². The third kappa shape index (κ3) is 4.73. The van der Waals surface area contributed by atoms with Crippen LogP contribution in [0.5, 0.6) is 11.5 Å².